The van der Waals surface area contributed by atoms with Crippen LogP contribution in [0, 0.1) is 6.92 Å². The molecule has 0 fully saturated rings. The van der Waals surface area contributed by atoms with E-state index in [1.54, 1.807) is 36.4 Å². The second kappa shape index (κ2) is 8.44. The molecule has 30 heavy (non-hydrogen) atoms. The van der Waals surface area contributed by atoms with E-state index in [9.17, 15) is 4.79 Å². The van der Waals surface area contributed by atoms with Crippen LogP contribution in [-0.4, -0.2) is 10.9 Å². The van der Waals surface area contributed by atoms with Crippen molar-refractivity contribution >= 4 is 68.9 Å². The lowest BCUT2D eigenvalue weighted by molar-refractivity contribution is 0.102. The molecule has 0 atom stereocenters. The number of aromatic nitrogens is 1. The number of para-hydroxylation sites is 1. The van der Waals surface area contributed by atoms with Crippen molar-refractivity contribution in [1.82, 2.24) is 4.98 Å². The van der Waals surface area contributed by atoms with Crippen molar-refractivity contribution in [3.05, 3.63) is 91.9 Å². The summed E-state index contributed by atoms with van der Waals surface area (Å²) in [6, 6.07) is 17.5. The zero-order valence-electron chi connectivity index (χ0n) is 15.6. The first-order valence-electron chi connectivity index (χ1n) is 8.96. The Morgan fingerprint density at radius 1 is 0.867 bits per heavy atom. The minimum atomic E-state index is -0.318. The van der Waals surface area contributed by atoms with Crippen LogP contribution in [0.15, 0.2) is 60.7 Å². The number of anilines is 1. The maximum absolute atomic E-state index is 13.3. The van der Waals surface area contributed by atoms with Gasteiger partial charge in [0.2, 0.25) is 0 Å². The van der Waals surface area contributed by atoms with Gasteiger partial charge in [-0.3, -0.25) is 4.79 Å². The van der Waals surface area contributed by atoms with Gasteiger partial charge in [0.1, 0.15) is 0 Å². The van der Waals surface area contributed by atoms with Crippen LogP contribution in [0.4, 0.5) is 5.69 Å². The van der Waals surface area contributed by atoms with Gasteiger partial charge in [-0.2, -0.15) is 0 Å². The van der Waals surface area contributed by atoms with E-state index in [-0.39, 0.29) is 5.91 Å². The van der Waals surface area contributed by atoms with Gasteiger partial charge in [0.05, 0.1) is 32.5 Å². The van der Waals surface area contributed by atoms with Crippen molar-refractivity contribution in [3.63, 3.8) is 0 Å². The second-order valence-corrected chi connectivity index (χ2v) is 8.37. The number of pyridine rings is 1. The van der Waals surface area contributed by atoms with E-state index in [0.29, 0.717) is 53.7 Å². The zero-order chi connectivity index (χ0) is 21.4. The van der Waals surface area contributed by atoms with Gasteiger partial charge in [0.25, 0.3) is 5.91 Å². The topological polar surface area (TPSA) is 42.0 Å². The largest absolute Gasteiger partial charge is 0.321 e. The average Bonchev–Trinajstić information content (AvgIpc) is 2.70. The van der Waals surface area contributed by atoms with Gasteiger partial charge in [-0.15, -0.1) is 0 Å². The highest BCUT2D eigenvalue weighted by molar-refractivity contribution is 6.37. The molecule has 0 radical (unpaired) electrons. The van der Waals surface area contributed by atoms with E-state index in [4.69, 9.17) is 51.4 Å². The first kappa shape index (κ1) is 21.0. The van der Waals surface area contributed by atoms with E-state index >= 15 is 0 Å². The molecule has 0 aliphatic carbocycles. The van der Waals surface area contributed by atoms with Gasteiger partial charge in [0.15, 0.2) is 0 Å². The molecule has 150 valence electrons. The molecule has 0 saturated heterocycles. The SMILES string of the molecule is Cc1c(-c2ccc(Cl)cc2Cl)nc2ccccc2c1C(=O)Nc1cc(Cl)ccc1Cl. The Balaban J connectivity index is 1.91. The van der Waals surface area contributed by atoms with E-state index in [1.165, 1.54) is 0 Å². The fraction of sp³-hybridized carbons (Fsp3) is 0.0435. The highest BCUT2D eigenvalue weighted by Gasteiger charge is 2.21. The quantitative estimate of drug-likeness (QED) is 0.325. The summed E-state index contributed by atoms with van der Waals surface area (Å²) in [5.74, 6) is -0.318. The van der Waals surface area contributed by atoms with Crippen molar-refractivity contribution in [2.75, 3.05) is 5.32 Å². The van der Waals surface area contributed by atoms with Crippen molar-refractivity contribution in [2.45, 2.75) is 6.92 Å². The highest BCUT2D eigenvalue weighted by atomic mass is 35.5. The number of hydrogen-bond acceptors (Lipinski definition) is 2. The minimum Gasteiger partial charge on any atom is -0.321 e. The smallest absolute Gasteiger partial charge is 0.256 e. The summed E-state index contributed by atoms with van der Waals surface area (Å²) in [7, 11) is 0. The Bertz CT molecular complexity index is 1300. The van der Waals surface area contributed by atoms with Crippen LogP contribution in [0.25, 0.3) is 22.2 Å². The third kappa shape index (κ3) is 3.99. The Labute approximate surface area is 193 Å². The van der Waals surface area contributed by atoms with Crippen LogP contribution in [0.5, 0.6) is 0 Å². The molecule has 4 rings (SSSR count). The van der Waals surface area contributed by atoms with Crippen molar-refractivity contribution in [3.8, 4) is 11.3 Å². The van der Waals surface area contributed by atoms with E-state index in [0.717, 1.165) is 5.39 Å². The first-order chi connectivity index (χ1) is 14.3. The average molecular weight is 476 g/mol. The number of carbonyl (C=O) groups excluding carboxylic acids is 1. The normalized spacial score (nSPS) is 11.0. The summed E-state index contributed by atoms with van der Waals surface area (Å²) in [6.07, 6.45) is 0. The molecule has 1 heterocycles. The maximum atomic E-state index is 13.3. The van der Waals surface area contributed by atoms with Gasteiger partial charge in [-0.25, -0.2) is 4.98 Å². The monoisotopic (exact) mass is 474 g/mol. The summed E-state index contributed by atoms with van der Waals surface area (Å²) >= 11 is 24.8. The predicted octanol–water partition coefficient (Wildman–Crippen LogP) is 8.08. The molecule has 0 spiro atoms. The third-order valence-corrected chi connectivity index (χ3v) is 5.84. The van der Waals surface area contributed by atoms with E-state index < -0.39 is 0 Å². The van der Waals surface area contributed by atoms with Crippen LogP contribution >= 0.6 is 46.4 Å². The predicted molar refractivity (Wildman–Crippen MR) is 126 cm³/mol. The molecule has 0 bridgehead atoms. The summed E-state index contributed by atoms with van der Waals surface area (Å²) in [6.45, 7) is 1.84. The Kier molecular flexibility index (Phi) is 5.90. The summed E-state index contributed by atoms with van der Waals surface area (Å²) in [5, 5.41) is 5.43. The number of benzene rings is 3. The van der Waals surface area contributed by atoms with Crippen molar-refractivity contribution < 1.29 is 4.79 Å². The van der Waals surface area contributed by atoms with Crippen molar-refractivity contribution in [1.29, 1.82) is 0 Å². The standard InChI is InChI=1S/C23H14Cl4N2O/c1-12-21(23(30)29-20-11-14(25)7-9-17(20)26)16-4-2-3-5-19(16)28-22(12)15-8-6-13(24)10-18(15)27/h2-11H,1H3,(H,29,30). The Hall–Kier alpha value is -2.30. The molecule has 4 aromatic rings. The van der Waals surface area contributed by atoms with E-state index in [1.807, 2.05) is 31.2 Å². The maximum Gasteiger partial charge on any atom is 0.256 e. The number of carbonyl (C=O) groups is 1. The second-order valence-electron chi connectivity index (χ2n) is 6.68. The number of halogens is 4. The molecular formula is C23H14Cl4N2O. The lowest BCUT2D eigenvalue weighted by Crippen LogP contribution is -2.15. The van der Waals surface area contributed by atoms with Gasteiger partial charge in [0, 0.05) is 21.0 Å². The number of amides is 1. The van der Waals surface area contributed by atoms with Gasteiger partial charge < -0.3 is 5.32 Å². The number of nitrogens with one attached hydrogen (secondary N) is 1. The number of hydrogen-bond donors (Lipinski definition) is 1. The molecule has 1 amide bonds. The number of fused-ring (bicyclic) bond motifs is 1. The van der Waals surface area contributed by atoms with Gasteiger partial charge in [-0.1, -0.05) is 64.6 Å². The Morgan fingerprint density at radius 2 is 1.57 bits per heavy atom. The molecule has 0 aliphatic rings. The zero-order valence-corrected chi connectivity index (χ0v) is 18.7. The van der Waals surface area contributed by atoms with Crippen LogP contribution < -0.4 is 5.32 Å². The summed E-state index contributed by atoms with van der Waals surface area (Å²) < 4.78 is 0. The molecule has 0 saturated carbocycles. The minimum absolute atomic E-state index is 0.318. The fourth-order valence-corrected chi connectivity index (χ4v) is 4.16. The molecule has 0 aliphatic heterocycles. The van der Waals surface area contributed by atoms with Crippen LogP contribution in [0.3, 0.4) is 0 Å². The molecule has 0 unspecified atom stereocenters. The van der Waals surface area contributed by atoms with Crippen LogP contribution in [0.1, 0.15) is 15.9 Å². The van der Waals surface area contributed by atoms with Crippen LogP contribution in [0.2, 0.25) is 20.1 Å². The molecule has 3 nitrogen and oxygen atoms in total. The van der Waals surface area contributed by atoms with Gasteiger partial charge >= 0.3 is 0 Å². The molecule has 3 aromatic carbocycles. The summed E-state index contributed by atoms with van der Waals surface area (Å²) in [5.41, 5.74) is 3.58. The Morgan fingerprint density at radius 3 is 2.33 bits per heavy atom. The highest BCUT2D eigenvalue weighted by Crippen LogP contribution is 2.35. The molecule has 7 heteroatoms. The lowest BCUT2D eigenvalue weighted by Gasteiger charge is -2.16. The number of nitrogens with zero attached hydrogens (tertiary/aromatic N) is 1. The first-order valence-corrected chi connectivity index (χ1v) is 10.5. The summed E-state index contributed by atoms with van der Waals surface area (Å²) in [4.78, 5) is 18.1. The third-order valence-electron chi connectivity index (χ3n) is 4.73. The molecule has 1 aromatic heterocycles. The fourth-order valence-electron chi connectivity index (χ4n) is 3.32. The van der Waals surface area contributed by atoms with E-state index in [2.05, 4.69) is 5.32 Å². The molecular weight excluding hydrogens is 462 g/mol. The van der Waals surface area contributed by atoms with Crippen molar-refractivity contribution in [2.24, 2.45) is 0 Å². The van der Waals surface area contributed by atoms with Crippen LogP contribution in [-0.2, 0) is 0 Å². The number of rotatable bonds is 3. The van der Waals surface area contributed by atoms with Gasteiger partial charge in [-0.05, 0) is 55.0 Å². The molecule has 1 N–H and O–H groups in total. The lowest BCUT2D eigenvalue weighted by atomic mass is 9.97.